The van der Waals surface area contributed by atoms with Crippen molar-refractivity contribution in [1.82, 2.24) is 10.2 Å². The van der Waals surface area contributed by atoms with Crippen molar-refractivity contribution in [2.24, 2.45) is 5.16 Å². The zero-order chi connectivity index (χ0) is 22.4. The Hall–Kier alpha value is -2.41. The molecule has 2 aliphatic heterocycles. The highest BCUT2D eigenvalue weighted by Crippen LogP contribution is 2.50. The molecule has 0 fully saturated rings. The number of amides is 1. The van der Waals surface area contributed by atoms with E-state index in [1.54, 1.807) is 11.0 Å². The summed E-state index contributed by atoms with van der Waals surface area (Å²) < 4.78 is 42.3. The standard InChI is InChI=1S/C20H14Cl2F3N3O2S/c1-2-3-26-18(29)15-4-11-9-28(10-16(11)31-15)17-8-19(30-27-17,20(23,24)25)12-5-13(21)7-14(22)6-12/h1,4-7H,3,8-10H2,(H,26,29). The maximum absolute atomic E-state index is 14.1. The number of rotatable bonds is 3. The van der Waals surface area contributed by atoms with E-state index in [0.29, 0.717) is 18.0 Å². The summed E-state index contributed by atoms with van der Waals surface area (Å²) >= 11 is 13.1. The molecule has 1 amide bonds. The SMILES string of the molecule is C#CCNC(=O)c1cc2c(s1)CN(C1=NOC(c3cc(Cl)cc(Cl)c3)(C(F)(F)F)C1)C2. The van der Waals surface area contributed by atoms with Gasteiger partial charge in [0, 0.05) is 27.0 Å². The minimum Gasteiger partial charge on any atom is -0.372 e. The number of fused-ring (bicyclic) bond motifs is 1. The number of terminal acetylenes is 1. The van der Waals surface area contributed by atoms with Crippen LogP contribution in [0.25, 0.3) is 0 Å². The number of nitrogens with zero attached hydrogens (tertiary/aromatic N) is 2. The van der Waals surface area contributed by atoms with Crippen molar-refractivity contribution in [3.05, 3.63) is 55.2 Å². The van der Waals surface area contributed by atoms with Crippen LogP contribution in [-0.2, 0) is 23.5 Å². The van der Waals surface area contributed by atoms with Crippen molar-refractivity contribution in [1.29, 1.82) is 0 Å². The van der Waals surface area contributed by atoms with Crippen LogP contribution in [0.2, 0.25) is 10.0 Å². The number of thiophene rings is 1. The lowest BCUT2D eigenvalue weighted by Crippen LogP contribution is -2.43. The predicted octanol–water partition coefficient (Wildman–Crippen LogP) is 4.93. The van der Waals surface area contributed by atoms with E-state index < -0.39 is 18.2 Å². The van der Waals surface area contributed by atoms with Gasteiger partial charge in [-0.25, -0.2) is 0 Å². The Bertz CT molecular complexity index is 1080. The molecule has 1 aromatic heterocycles. The van der Waals surface area contributed by atoms with Gasteiger partial charge in [0.05, 0.1) is 24.4 Å². The molecule has 1 N–H and O–H groups in total. The summed E-state index contributed by atoms with van der Waals surface area (Å²) in [4.78, 5) is 20.2. The van der Waals surface area contributed by atoms with Gasteiger partial charge in [0.15, 0.2) is 0 Å². The summed E-state index contributed by atoms with van der Waals surface area (Å²) in [5, 5.41) is 6.51. The van der Waals surface area contributed by atoms with E-state index in [1.807, 2.05) is 0 Å². The molecule has 1 unspecified atom stereocenters. The van der Waals surface area contributed by atoms with Crippen LogP contribution in [-0.4, -0.2) is 29.4 Å². The van der Waals surface area contributed by atoms with Crippen LogP contribution in [0.15, 0.2) is 29.4 Å². The van der Waals surface area contributed by atoms with Crippen molar-refractivity contribution in [2.45, 2.75) is 31.3 Å². The van der Waals surface area contributed by atoms with Crippen LogP contribution in [0.5, 0.6) is 0 Å². The lowest BCUT2D eigenvalue weighted by Gasteiger charge is -2.30. The molecule has 4 rings (SSSR count). The fourth-order valence-corrected chi connectivity index (χ4v) is 5.16. The first kappa shape index (κ1) is 21.8. The molecule has 5 nitrogen and oxygen atoms in total. The van der Waals surface area contributed by atoms with E-state index in [1.165, 1.54) is 29.5 Å². The van der Waals surface area contributed by atoms with E-state index >= 15 is 0 Å². The normalized spacial score (nSPS) is 20.1. The van der Waals surface area contributed by atoms with E-state index in [2.05, 4.69) is 16.4 Å². The number of amidine groups is 1. The van der Waals surface area contributed by atoms with Crippen LogP contribution >= 0.6 is 34.5 Å². The number of hydrogen-bond acceptors (Lipinski definition) is 5. The Balaban J connectivity index is 1.53. The topological polar surface area (TPSA) is 53.9 Å². The van der Waals surface area contributed by atoms with Crippen molar-refractivity contribution in [3.8, 4) is 12.3 Å². The van der Waals surface area contributed by atoms with Gasteiger partial charge in [0.25, 0.3) is 11.5 Å². The molecule has 0 spiro atoms. The van der Waals surface area contributed by atoms with Gasteiger partial charge in [-0.1, -0.05) is 34.3 Å². The van der Waals surface area contributed by atoms with E-state index in [9.17, 15) is 18.0 Å². The molecular weight excluding hydrogens is 474 g/mol. The quantitative estimate of drug-likeness (QED) is 0.624. The molecule has 0 aliphatic carbocycles. The number of oxime groups is 1. The van der Waals surface area contributed by atoms with E-state index in [4.69, 9.17) is 34.5 Å². The summed E-state index contributed by atoms with van der Waals surface area (Å²) in [5.41, 5.74) is -2.03. The van der Waals surface area contributed by atoms with E-state index in [-0.39, 0.29) is 33.9 Å². The van der Waals surface area contributed by atoms with Gasteiger partial charge in [0.1, 0.15) is 5.84 Å². The molecule has 1 atom stereocenters. The highest BCUT2D eigenvalue weighted by molar-refractivity contribution is 7.14. The van der Waals surface area contributed by atoms with Crippen LogP contribution in [0.4, 0.5) is 13.2 Å². The van der Waals surface area contributed by atoms with Gasteiger partial charge in [0.2, 0.25) is 0 Å². The Morgan fingerprint density at radius 2 is 2.00 bits per heavy atom. The fraction of sp³-hybridized carbons (Fsp3) is 0.300. The highest BCUT2D eigenvalue weighted by Gasteiger charge is 2.63. The van der Waals surface area contributed by atoms with Crippen molar-refractivity contribution >= 4 is 46.3 Å². The first-order valence-corrected chi connectivity index (χ1v) is 10.6. The van der Waals surface area contributed by atoms with E-state index in [0.717, 1.165) is 10.4 Å². The summed E-state index contributed by atoms with van der Waals surface area (Å²) in [5.74, 6) is 2.21. The second-order valence-electron chi connectivity index (χ2n) is 7.06. The number of carbonyl (C=O) groups excluding carboxylic acids is 1. The second-order valence-corrected chi connectivity index (χ2v) is 9.07. The molecule has 2 aromatic rings. The number of carbonyl (C=O) groups is 1. The minimum atomic E-state index is -4.75. The van der Waals surface area contributed by atoms with Crippen molar-refractivity contribution in [3.63, 3.8) is 0 Å². The third-order valence-corrected chi connectivity index (χ3v) is 6.63. The van der Waals surface area contributed by atoms with Gasteiger partial charge >= 0.3 is 6.18 Å². The van der Waals surface area contributed by atoms with Crippen molar-refractivity contribution in [2.75, 3.05) is 6.54 Å². The highest BCUT2D eigenvalue weighted by atomic mass is 35.5. The van der Waals surface area contributed by atoms with Crippen LogP contribution < -0.4 is 5.32 Å². The molecule has 0 saturated heterocycles. The average Bonchev–Trinajstić information content (AvgIpc) is 3.37. The Morgan fingerprint density at radius 1 is 1.29 bits per heavy atom. The maximum atomic E-state index is 14.1. The third-order valence-electron chi connectivity index (χ3n) is 5.03. The Labute approximate surface area is 189 Å². The Kier molecular flexibility index (Phi) is 5.58. The smallest absolute Gasteiger partial charge is 0.372 e. The molecule has 1 aromatic carbocycles. The predicted molar refractivity (Wildman–Crippen MR) is 112 cm³/mol. The number of benzene rings is 1. The first-order chi connectivity index (χ1) is 14.6. The van der Waals surface area contributed by atoms with Gasteiger partial charge < -0.3 is 15.1 Å². The number of hydrogen-bond donors (Lipinski definition) is 1. The maximum Gasteiger partial charge on any atom is 0.435 e. The summed E-state index contributed by atoms with van der Waals surface area (Å²) in [7, 11) is 0. The number of halogens is 5. The zero-order valence-electron chi connectivity index (χ0n) is 15.7. The molecule has 0 bridgehead atoms. The van der Waals surface area contributed by atoms with Crippen molar-refractivity contribution < 1.29 is 22.8 Å². The zero-order valence-corrected chi connectivity index (χ0v) is 18.1. The second kappa shape index (κ2) is 7.93. The molecule has 2 aliphatic rings. The average molecular weight is 488 g/mol. The summed E-state index contributed by atoms with van der Waals surface area (Å²) in [6, 6.07) is 5.43. The Morgan fingerprint density at radius 3 is 2.61 bits per heavy atom. The van der Waals surface area contributed by atoms with Gasteiger partial charge in [-0.05, 0) is 29.8 Å². The monoisotopic (exact) mass is 487 g/mol. The lowest BCUT2D eigenvalue weighted by atomic mass is 9.89. The largest absolute Gasteiger partial charge is 0.435 e. The molecule has 31 heavy (non-hydrogen) atoms. The van der Waals surface area contributed by atoms with Crippen LogP contribution in [0.3, 0.4) is 0 Å². The molecule has 0 radical (unpaired) electrons. The molecule has 3 heterocycles. The van der Waals surface area contributed by atoms with Gasteiger partial charge in [-0.15, -0.1) is 17.8 Å². The van der Waals surface area contributed by atoms with Crippen LogP contribution in [0.1, 0.15) is 32.1 Å². The van der Waals surface area contributed by atoms with Crippen LogP contribution in [0, 0.1) is 12.3 Å². The number of nitrogens with one attached hydrogen (secondary N) is 1. The molecule has 0 saturated carbocycles. The minimum absolute atomic E-state index is 0.0715. The summed E-state index contributed by atoms with van der Waals surface area (Å²) in [6.07, 6.45) is -0.129. The lowest BCUT2D eigenvalue weighted by molar-refractivity contribution is -0.275. The van der Waals surface area contributed by atoms with Gasteiger partial charge in [-0.2, -0.15) is 13.2 Å². The number of alkyl halides is 3. The molecular formula is C20H14Cl2F3N3O2S. The fourth-order valence-electron chi connectivity index (χ4n) is 3.53. The third kappa shape index (κ3) is 3.95. The van der Waals surface area contributed by atoms with Gasteiger partial charge in [-0.3, -0.25) is 4.79 Å². The molecule has 162 valence electrons. The first-order valence-electron chi connectivity index (χ1n) is 8.99. The summed E-state index contributed by atoms with van der Waals surface area (Å²) in [6.45, 7) is 0.768. The molecule has 11 heteroatoms.